The number of carbonyl (C=O) groups excluding carboxylic acids is 2. The molecule has 1 aliphatic heterocycles. The van der Waals surface area contributed by atoms with E-state index in [0.29, 0.717) is 31.8 Å². The number of rotatable bonds is 5. The molecule has 0 spiro atoms. The Bertz CT molecular complexity index is 575. The summed E-state index contributed by atoms with van der Waals surface area (Å²) in [4.78, 5) is 26.5. The summed E-state index contributed by atoms with van der Waals surface area (Å²) >= 11 is 0. The van der Waals surface area contributed by atoms with Crippen molar-refractivity contribution in [2.45, 2.75) is 69.9 Å². The summed E-state index contributed by atoms with van der Waals surface area (Å²) in [6, 6.07) is 0.361. The molecular weight excluding hydrogens is 304 g/mol. The Morgan fingerprint density at radius 3 is 2.71 bits per heavy atom. The molecule has 1 aromatic rings. The Hall–Kier alpha value is -1.85. The van der Waals surface area contributed by atoms with Crippen LogP contribution in [-0.4, -0.2) is 45.1 Å². The molecule has 24 heavy (non-hydrogen) atoms. The first-order valence-corrected chi connectivity index (χ1v) is 9.18. The van der Waals surface area contributed by atoms with Crippen molar-refractivity contribution >= 4 is 11.8 Å². The Morgan fingerprint density at radius 2 is 2.04 bits per heavy atom. The minimum atomic E-state index is -0.0258. The highest BCUT2D eigenvalue weighted by Gasteiger charge is 2.34. The van der Waals surface area contributed by atoms with E-state index >= 15 is 0 Å². The van der Waals surface area contributed by atoms with E-state index < -0.39 is 0 Å². The standard InChI is InChI=1S/C18H28N4O2/c1-21-12-14(11-19-21)8-9-17(23)20-15-10-18(24)22(13-15)16-6-4-2-3-5-7-16/h11-12,15-16H,2-10,13H2,1H3,(H,20,23)/t15-/m0/s1. The van der Waals surface area contributed by atoms with Gasteiger partial charge < -0.3 is 10.2 Å². The summed E-state index contributed by atoms with van der Waals surface area (Å²) in [5, 5.41) is 7.15. The minimum absolute atomic E-state index is 0.0258. The molecule has 2 aliphatic rings. The fourth-order valence-electron chi connectivity index (χ4n) is 3.91. The van der Waals surface area contributed by atoms with Crippen LogP contribution >= 0.6 is 0 Å². The molecule has 0 unspecified atom stereocenters. The maximum atomic E-state index is 12.3. The summed E-state index contributed by atoms with van der Waals surface area (Å²) in [5.41, 5.74) is 1.07. The van der Waals surface area contributed by atoms with Crippen molar-refractivity contribution < 1.29 is 9.59 Å². The molecule has 1 atom stereocenters. The van der Waals surface area contributed by atoms with Gasteiger partial charge in [0.25, 0.3) is 0 Å². The van der Waals surface area contributed by atoms with Crippen molar-refractivity contribution in [2.75, 3.05) is 6.54 Å². The van der Waals surface area contributed by atoms with Gasteiger partial charge in [-0.05, 0) is 24.8 Å². The quantitative estimate of drug-likeness (QED) is 0.836. The number of aryl methyl sites for hydroxylation is 2. The number of likely N-dealkylation sites (tertiary alicyclic amines) is 1. The molecule has 1 saturated carbocycles. The van der Waals surface area contributed by atoms with Gasteiger partial charge in [0.15, 0.2) is 0 Å². The van der Waals surface area contributed by atoms with Gasteiger partial charge in [0, 0.05) is 38.7 Å². The Morgan fingerprint density at radius 1 is 1.29 bits per heavy atom. The second-order valence-electron chi connectivity index (χ2n) is 7.18. The van der Waals surface area contributed by atoms with Gasteiger partial charge in [-0.1, -0.05) is 25.7 Å². The zero-order valence-electron chi connectivity index (χ0n) is 14.5. The molecule has 6 nitrogen and oxygen atoms in total. The lowest BCUT2D eigenvalue weighted by Crippen LogP contribution is -2.40. The van der Waals surface area contributed by atoms with Gasteiger partial charge in [0.2, 0.25) is 11.8 Å². The normalized spacial score (nSPS) is 22.6. The van der Waals surface area contributed by atoms with Gasteiger partial charge in [-0.15, -0.1) is 0 Å². The van der Waals surface area contributed by atoms with E-state index in [1.807, 2.05) is 18.1 Å². The molecule has 2 heterocycles. The first-order chi connectivity index (χ1) is 11.6. The summed E-state index contributed by atoms with van der Waals surface area (Å²) in [6.07, 6.45) is 12.6. The number of nitrogens with zero attached hydrogens (tertiary/aromatic N) is 3. The van der Waals surface area contributed by atoms with E-state index in [-0.39, 0.29) is 17.9 Å². The lowest BCUT2D eigenvalue weighted by atomic mass is 10.1. The highest BCUT2D eigenvalue weighted by molar-refractivity contribution is 5.82. The van der Waals surface area contributed by atoms with Gasteiger partial charge in [0.1, 0.15) is 0 Å². The first-order valence-electron chi connectivity index (χ1n) is 9.18. The molecule has 1 aromatic heterocycles. The Labute approximate surface area is 143 Å². The number of nitrogens with one attached hydrogen (secondary N) is 1. The van der Waals surface area contributed by atoms with E-state index in [9.17, 15) is 9.59 Å². The van der Waals surface area contributed by atoms with Crippen molar-refractivity contribution in [1.82, 2.24) is 20.0 Å². The molecule has 0 bridgehead atoms. The number of carbonyl (C=O) groups is 2. The van der Waals surface area contributed by atoms with Crippen molar-refractivity contribution in [3.8, 4) is 0 Å². The monoisotopic (exact) mass is 332 g/mol. The van der Waals surface area contributed by atoms with Crippen molar-refractivity contribution in [3.63, 3.8) is 0 Å². The molecule has 132 valence electrons. The minimum Gasteiger partial charge on any atom is -0.351 e. The second kappa shape index (κ2) is 7.81. The van der Waals surface area contributed by atoms with E-state index in [1.165, 1.54) is 25.7 Å². The number of amides is 2. The number of aromatic nitrogens is 2. The van der Waals surface area contributed by atoms with Crippen LogP contribution in [0.3, 0.4) is 0 Å². The van der Waals surface area contributed by atoms with Gasteiger partial charge in [-0.25, -0.2) is 0 Å². The van der Waals surface area contributed by atoms with Crippen LogP contribution in [0.25, 0.3) is 0 Å². The smallest absolute Gasteiger partial charge is 0.225 e. The zero-order valence-corrected chi connectivity index (χ0v) is 14.5. The lowest BCUT2D eigenvalue weighted by Gasteiger charge is -2.27. The summed E-state index contributed by atoms with van der Waals surface area (Å²) in [7, 11) is 1.87. The summed E-state index contributed by atoms with van der Waals surface area (Å²) in [5.74, 6) is 0.235. The molecule has 2 fully saturated rings. The van der Waals surface area contributed by atoms with E-state index in [1.54, 1.807) is 10.9 Å². The third kappa shape index (κ3) is 4.36. The summed E-state index contributed by atoms with van der Waals surface area (Å²) < 4.78 is 1.74. The predicted octanol–water partition coefficient (Wildman–Crippen LogP) is 1.79. The molecule has 2 amide bonds. The molecule has 0 aromatic carbocycles. The highest BCUT2D eigenvalue weighted by Crippen LogP contribution is 2.25. The highest BCUT2D eigenvalue weighted by atomic mass is 16.2. The maximum Gasteiger partial charge on any atom is 0.225 e. The third-order valence-corrected chi connectivity index (χ3v) is 5.19. The van der Waals surface area contributed by atoms with Crippen molar-refractivity contribution in [1.29, 1.82) is 0 Å². The molecule has 1 saturated heterocycles. The van der Waals surface area contributed by atoms with Crippen LogP contribution in [0.1, 0.15) is 56.9 Å². The van der Waals surface area contributed by atoms with Crippen molar-refractivity contribution in [2.24, 2.45) is 7.05 Å². The fraction of sp³-hybridized carbons (Fsp3) is 0.722. The largest absolute Gasteiger partial charge is 0.351 e. The lowest BCUT2D eigenvalue weighted by molar-refractivity contribution is -0.129. The first kappa shape index (κ1) is 17.0. The van der Waals surface area contributed by atoms with Crippen LogP contribution < -0.4 is 5.32 Å². The van der Waals surface area contributed by atoms with Gasteiger partial charge in [0.05, 0.1) is 12.2 Å². The van der Waals surface area contributed by atoms with Crippen LogP contribution in [0.15, 0.2) is 12.4 Å². The molecule has 1 N–H and O–H groups in total. The molecular formula is C18H28N4O2. The van der Waals surface area contributed by atoms with Crippen LogP contribution in [0.2, 0.25) is 0 Å². The van der Waals surface area contributed by atoms with E-state index in [2.05, 4.69) is 10.4 Å². The van der Waals surface area contributed by atoms with Crippen molar-refractivity contribution in [3.05, 3.63) is 18.0 Å². The zero-order chi connectivity index (χ0) is 16.9. The SMILES string of the molecule is Cn1cc(CCC(=O)N[C@H]2CC(=O)N(C3CCCCCC3)C2)cn1. The third-order valence-electron chi connectivity index (χ3n) is 5.19. The van der Waals surface area contributed by atoms with Crippen LogP contribution in [0.5, 0.6) is 0 Å². The molecule has 3 rings (SSSR count). The Balaban J connectivity index is 1.45. The van der Waals surface area contributed by atoms with E-state index in [4.69, 9.17) is 0 Å². The average molecular weight is 332 g/mol. The average Bonchev–Trinajstić information content (AvgIpc) is 3.01. The van der Waals surface area contributed by atoms with Crippen LogP contribution in [-0.2, 0) is 23.1 Å². The Kier molecular flexibility index (Phi) is 5.53. The van der Waals surface area contributed by atoms with Gasteiger partial charge >= 0.3 is 0 Å². The van der Waals surface area contributed by atoms with Crippen LogP contribution in [0, 0.1) is 0 Å². The van der Waals surface area contributed by atoms with Gasteiger partial charge in [-0.2, -0.15) is 5.10 Å². The van der Waals surface area contributed by atoms with Crippen LogP contribution in [0.4, 0.5) is 0 Å². The summed E-state index contributed by atoms with van der Waals surface area (Å²) in [6.45, 7) is 0.683. The molecule has 6 heteroatoms. The molecule has 1 aliphatic carbocycles. The van der Waals surface area contributed by atoms with Gasteiger partial charge in [-0.3, -0.25) is 14.3 Å². The predicted molar refractivity (Wildman–Crippen MR) is 91.3 cm³/mol. The van der Waals surface area contributed by atoms with E-state index in [0.717, 1.165) is 18.4 Å². The number of hydrogen-bond acceptors (Lipinski definition) is 3. The topological polar surface area (TPSA) is 67.2 Å². The second-order valence-corrected chi connectivity index (χ2v) is 7.18. The fourth-order valence-corrected chi connectivity index (χ4v) is 3.91. The maximum absolute atomic E-state index is 12.3. The molecule has 0 radical (unpaired) electrons. The number of hydrogen-bond donors (Lipinski definition) is 1.